The van der Waals surface area contributed by atoms with Gasteiger partial charge < -0.3 is 9.64 Å². The van der Waals surface area contributed by atoms with Crippen LogP contribution in [0.5, 0.6) is 0 Å². The summed E-state index contributed by atoms with van der Waals surface area (Å²) in [6.07, 6.45) is 0. The Hall–Kier alpha value is -2.66. The monoisotopic (exact) mass is 348 g/mol. The molecule has 1 aliphatic rings. The molecule has 4 rings (SSSR count). The minimum Gasteiger partial charge on any atom is -0.378 e. The Labute approximate surface area is 154 Å². The first-order chi connectivity index (χ1) is 12.6. The van der Waals surface area contributed by atoms with Crippen molar-refractivity contribution in [2.24, 2.45) is 0 Å². The highest BCUT2D eigenvalue weighted by Gasteiger charge is 2.28. The largest absolute Gasteiger partial charge is 0.378 e. The molecule has 0 unspecified atom stereocenters. The van der Waals surface area contributed by atoms with Crippen molar-refractivity contribution >= 4 is 5.95 Å². The van der Waals surface area contributed by atoms with E-state index in [0.29, 0.717) is 0 Å². The standard InChI is InChI=1S/C21H24N4O/c1-21(2,19-22-20(24-23-19)25-12-14-26-15-13-25)18-10-8-17(9-11-18)16-6-4-3-5-7-16/h3-11H,12-15H2,1-2H3,(H,22,23,24). The van der Waals surface area contributed by atoms with Crippen molar-refractivity contribution in [2.75, 3.05) is 31.2 Å². The molecule has 0 atom stereocenters. The summed E-state index contributed by atoms with van der Waals surface area (Å²) >= 11 is 0. The van der Waals surface area contributed by atoms with Gasteiger partial charge in [-0.15, -0.1) is 5.10 Å². The highest BCUT2D eigenvalue weighted by Crippen LogP contribution is 2.31. The van der Waals surface area contributed by atoms with Gasteiger partial charge in [-0.1, -0.05) is 54.6 Å². The Kier molecular flexibility index (Phi) is 4.47. The number of rotatable bonds is 4. The number of nitrogens with one attached hydrogen (secondary N) is 1. The second-order valence-electron chi connectivity index (χ2n) is 7.15. The van der Waals surface area contributed by atoms with E-state index < -0.39 is 0 Å². The number of nitrogens with zero attached hydrogens (tertiary/aromatic N) is 3. The van der Waals surface area contributed by atoms with Crippen LogP contribution in [-0.4, -0.2) is 41.5 Å². The molecule has 1 saturated heterocycles. The molecule has 5 nitrogen and oxygen atoms in total. The molecule has 5 heteroatoms. The maximum Gasteiger partial charge on any atom is 0.244 e. The van der Waals surface area contributed by atoms with Crippen molar-refractivity contribution in [3.63, 3.8) is 0 Å². The number of benzene rings is 2. The fourth-order valence-corrected chi connectivity index (χ4v) is 3.28. The molecule has 0 radical (unpaired) electrons. The number of morpholine rings is 1. The lowest BCUT2D eigenvalue weighted by Gasteiger charge is -2.26. The van der Waals surface area contributed by atoms with Gasteiger partial charge in [0, 0.05) is 18.5 Å². The third-order valence-corrected chi connectivity index (χ3v) is 5.07. The van der Waals surface area contributed by atoms with Crippen LogP contribution in [0.4, 0.5) is 5.95 Å². The molecule has 0 spiro atoms. The summed E-state index contributed by atoms with van der Waals surface area (Å²) in [5, 5.41) is 7.58. The maximum absolute atomic E-state index is 5.40. The summed E-state index contributed by atoms with van der Waals surface area (Å²) < 4.78 is 5.40. The van der Waals surface area contributed by atoms with Crippen molar-refractivity contribution in [1.82, 2.24) is 15.2 Å². The molecule has 2 heterocycles. The number of ether oxygens (including phenoxy) is 1. The summed E-state index contributed by atoms with van der Waals surface area (Å²) in [7, 11) is 0. The average molecular weight is 348 g/mol. The Morgan fingerprint density at radius 1 is 0.923 bits per heavy atom. The average Bonchev–Trinajstić information content (AvgIpc) is 3.21. The Bertz CT molecular complexity index is 849. The number of H-pyrrole nitrogens is 1. The molecule has 26 heavy (non-hydrogen) atoms. The van der Waals surface area contributed by atoms with Gasteiger partial charge >= 0.3 is 0 Å². The van der Waals surface area contributed by atoms with Crippen LogP contribution in [0.15, 0.2) is 54.6 Å². The van der Waals surface area contributed by atoms with E-state index in [1.165, 1.54) is 16.7 Å². The molecular weight excluding hydrogens is 324 g/mol. The van der Waals surface area contributed by atoms with Crippen molar-refractivity contribution in [1.29, 1.82) is 0 Å². The third-order valence-electron chi connectivity index (χ3n) is 5.07. The summed E-state index contributed by atoms with van der Waals surface area (Å²) in [5.74, 6) is 1.64. The molecule has 1 aromatic heterocycles. The molecule has 2 aromatic carbocycles. The van der Waals surface area contributed by atoms with E-state index in [4.69, 9.17) is 9.72 Å². The van der Waals surface area contributed by atoms with E-state index in [1.807, 2.05) is 6.07 Å². The van der Waals surface area contributed by atoms with Gasteiger partial charge in [0.15, 0.2) is 0 Å². The van der Waals surface area contributed by atoms with E-state index in [9.17, 15) is 0 Å². The Morgan fingerprint density at radius 2 is 1.58 bits per heavy atom. The highest BCUT2D eigenvalue weighted by molar-refractivity contribution is 5.63. The number of anilines is 1. The second kappa shape index (κ2) is 6.92. The van der Waals surface area contributed by atoms with Crippen LogP contribution in [0.25, 0.3) is 11.1 Å². The predicted octanol–water partition coefficient (Wildman–Crippen LogP) is 3.63. The lowest BCUT2D eigenvalue weighted by molar-refractivity contribution is 0.122. The molecule has 1 fully saturated rings. The Morgan fingerprint density at radius 3 is 2.27 bits per heavy atom. The van der Waals surface area contributed by atoms with Crippen molar-refractivity contribution in [3.8, 4) is 11.1 Å². The smallest absolute Gasteiger partial charge is 0.244 e. The quantitative estimate of drug-likeness (QED) is 0.782. The molecule has 134 valence electrons. The van der Waals surface area contributed by atoms with Gasteiger partial charge in [-0.05, 0) is 30.5 Å². The summed E-state index contributed by atoms with van der Waals surface area (Å²) in [6.45, 7) is 7.48. The molecule has 0 aliphatic carbocycles. The summed E-state index contributed by atoms with van der Waals surface area (Å²) in [6, 6.07) is 19.1. The van der Waals surface area contributed by atoms with E-state index >= 15 is 0 Å². The zero-order valence-electron chi connectivity index (χ0n) is 15.3. The van der Waals surface area contributed by atoms with E-state index in [1.54, 1.807) is 0 Å². The molecule has 0 amide bonds. The predicted molar refractivity (Wildman–Crippen MR) is 103 cm³/mol. The molecule has 1 N–H and O–H groups in total. The van der Waals surface area contributed by atoms with Gasteiger partial charge in [-0.2, -0.15) is 4.98 Å². The van der Waals surface area contributed by atoms with Gasteiger partial charge in [0.25, 0.3) is 0 Å². The van der Waals surface area contributed by atoms with Gasteiger partial charge in [-0.3, -0.25) is 5.10 Å². The normalized spacial score (nSPS) is 15.2. The minimum atomic E-state index is -0.243. The van der Waals surface area contributed by atoms with Crippen LogP contribution in [-0.2, 0) is 10.2 Å². The molecule has 0 saturated carbocycles. The van der Waals surface area contributed by atoms with E-state index in [-0.39, 0.29) is 5.41 Å². The van der Waals surface area contributed by atoms with Gasteiger partial charge in [0.2, 0.25) is 5.95 Å². The third kappa shape index (κ3) is 3.22. The summed E-state index contributed by atoms with van der Waals surface area (Å²) in [4.78, 5) is 6.93. The molecule has 0 bridgehead atoms. The van der Waals surface area contributed by atoms with Crippen molar-refractivity contribution in [2.45, 2.75) is 19.3 Å². The molecule has 3 aromatic rings. The number of hydrogen-bond donors (Lipinski definition) is 1. The lowest BCUT2D eigenvalue weighted by Crippen LogP contribution is -2.37. The van der Waals surface area contributed by atoms with E-state index in [0.717, 1.165) is 38.1 Å². The summed E-state index contributed by atoms with van der Waals surface area (Å²) in [5.41, 5.74) is 3.41. The number of aromatic nitrogens is 3. The number of aromatic amines is 1. The van der Waals surface area contributed by atoms with Gasteiger partial charge in [-0.25, -0.2) is 0 Å². The van der Waals surface area contributed by atoms with Crippen LogP contribution < -0.4 is 4.90 Å². The van der Waals surface area contributed by atoms with Crippen LogP contribution in [0.3, 0.4) is 0 Å². The van der Waals surface area contributed by atoms with Crippen LogP contribution in [0.2, 0.25) is 0 Å². The van der Waals surface area contributed by atoms with Crippen LogP contribution in [0, 0.1) is 0 Å². The van der Waals surface area contributed by atoms with Crippen molar-refractivity contribution < 1.29 is 4.74 Å². The van der Waals surface area contributed by atoms with Crippen LogP contribution in [0.1, 0.15) is 25.2 Å². The van der Waals surface area contributed by atoms with Gasteiger partial charge in [0.1, 0.15) is 5.82 Å². The van der Waals surface area contributed by atoms with Gasteiger partial charge in [0.05, 0.1) is 13.2 Å². The first kappa shape index (κ1) is 16.8. The molecule has 1 aliphatic heterocycles. The molecular formula is C21H24N4O. The lowest BCUT2D eigenvalue weighted by atomic mass is 9.83. The number of hydrogen-bond acceptors (Lipinski definition) is 4. The first-order valence-electron chi connectivity index (χ1n) is 9.06. The minimum absolute atomic E-state index is 0.243. The fourth-order valence-electron chi connectivity index (χ4n) is 3.28. The van der Waals surface area contributed by atoms with Crippen LogP contribution >= 0.6 is 0 Å². The highest BCUT2D eigenvalue weighted by atomic mass is 16.5. The first-order valence-corrected chi connectivity index (χ1v) is 9.06. The zero-order chi connectivity index (χ0) is 18.0. The Balaban J connectivity index is 1.57. The fraction of sp³-hybridized carbons (Fsp3) is 0.333. The SMILES string of the molecule is CC(C)(c1ccc(-c2ccccc2)cc1)c1nc(N2CCOCC2)n[nH]1. The second-order valence-corrected chi connectivity index (χ2v) is 7.15. The maximum atomic E-state index is 5.40. The zero-order valence-corrected chi connectivity index (χ0v) is 15.3. The van der Waals surface area contributed by atoms with Crippen molar-refractivity contribution in [3.05, 3.63) is 66.0 Å². The van der Waals surface area contributed by atoms with E-state index in [2.05, 4.69) is 77.5 Å². The topological polar surface area (TPSA) is 54.0 Å².